The highest BCUT2D eigenvalue weighted by atomic mass is 18.0. The van der Waals surface area contributed by atoms with Gasteiger partial charge in [-0.15, -0.1) is 0 Å². The van der Waals surface area contributed by atoms with Crippen molar-refractivity contribution in [2.45, 2.75) is 0 Å². The summed E-state index contributed by atoms with van der Waals surface area (Å²) in [6.45, 7) is 0.195. The maximum Gasteiger partial charge on any atom is 0.167 e. The van der Waals surface area contributed by atoms with Crippen molar-refractivity contribution in [3.05, 3.63) is 12.5 Å². The molecule has 0 aromatic rings. The SMILES string of the molecule is CO/C=C\OOOOOOOOOOOOOOOOOOOOOOOOOOOOOOOOOOOOOOOOOOOOCCOC. The van der Waals surface area contributed by atoms with Crippen molar-refractivity contribution in [3.63, 3.8) is 0 Å². The van der Waals surface area contributed by atoms with Crippen LogP contribution < -0.4 is 0 Å². The highest BCUT2D eigenvalue weighted by Gasteiger charge is 2.04. The minimum absolute atomic E-state index is 0.000925. The van der Waals surface area contributed by atoms with E-state index in [4.69, 9.17) is 0 Å². The van der Waals surface area contributed by atoms with Gasteiger partial charge in [0.15, 0.2) is 6.26 Å². The summed E-state index contributed by atoms with van der Waals surface area (Å²) in [6, 6.07) is 0. The van der Waals surface area contributed by atoms with E-state index in [1.165, 1.54) is 14.2 Å². The second-order valence-electron chi connectivity index (χ2n) is 4.28. The molecule has 0 aromatic heterocycles. The first-order valence-corrected chi connectivity index (χ1v) is 9.87. The fourth-order valence-electron chi connectivity index (χ4n) is 0.742. The third-order valence-corrected chi connectivity index (χ3v) is 1.84. The molecule has 0 radical (unpaired) electrons. The van der Waals surface area contributed by atoms with Crippen molar-refractivity contribution >= 4 is 0 Å². The molecule has 0 saturated carbocycles. The van der Waals surface area contributed by atoms with Crippen LogP contribution >= 0.6 is 0 Å². The standard InChI is InChI=1S/C6H12O46/c1-7-3-5-9-11-13-15-17-19-21-23-25-27-29-31-33-35-37-39-41-43-45-47-49-51-52-50-48-46-44-42-40-38-36-34-32-30-28-26-24-22-20-18-16-14-12-10-6-4-8-2/h3,5H,4,6H2,1-2H3/b5-3-. The minimum atomic E-state index is -0.000925. The first-order valence-electron chi connectivity index (χ1n) is 9.87. The van der Waals surface area contributed by atoms with Crippen LogP contribution in [0.25, 0.3) is 0 Å². The quantitative estimate of drug-likeness (QED) is 0.0273. The van der Waals surface area contributed by atoms with Gasteiger partial charge in [0.2, 0.25) is 0 Å². The van der Waals surface area contributed by atoms with Gasteiger partial charge in [-0.2, -0.15) is 0 Å². The Kier molecular flexibility index (Phi) is 46.3. The number of hydrogen-bond acceptors (Lipinski definition) is 46. The van der Waals surface area contributed by atoms with Crippen LogP contribution in [-0.4, -0.2) is 27.4 Å². The molecule has 0 rings (SSSR count). The monoisotopic (exact) mass is 820 g/mol. The molecule has 0 saturated heterocycles. The zero-order valence-electron chi connectivity index (χ0n) is 23.3. The Balaban J connectivity index is 3.05. The van der Waals surface area contributed by atoms with Crippen LogP contribution in [0, 0.1) is 0 Å². The minimum Gasteiger partial charge on any atom is -0.501 e. The van der Waals surface area contributed by atoms with Gasteiger partial charge in [0.1, 0.15) is 12.9 Å². The molecule has 52 heavy (non-hydrogen) atoms. The average molecular weight is 820 g/mol. The van der Waals surface area contributed by atoms with Crippen molar-refractivity contribution in [3.8, 4) is 0 Å². The first-order chi connectivity index (χ1) is 25.9. The fraction of sp³-hybridized carbons (Fsp3) is 0.667. The lowest BCUT2D eigenvalue weighted by atomic mass is 10.8. The van der Waals surface area contributed by atoms with E-state index in [1.54, 1.807) is 0 Å². The predicted molar refractivity (Wildman–Crippen MR) is 80.6 cm³/mol. The molecule has 0 heterocycles. The largest absolute Gasteiger partial charge is 0.501 e. The number of methoxy groups -OCH3 is 2. The van der Waals surface area contributed by atoms with E-state index in [-0.39, 0.29) is 13.2 Å². The summed E-state index contributed by atoms with van der Waals surface area (Å²) in [5.74, 6) is 0. The Morgan fingerprint density at radius 3 is 0.654 bits per heavy atom. The summed E-state index contributed by atoms with van der Waals surface area (Å²) in [5.41, 5.74) is 0. The molecule has 0 spiro atoms. The molecule has 0 bridgehead atoms. The normalized spacial score (nSPS) is 11.7. The topological polar surface area (TPSA) is 425 Å². The first kappa shape index (κ1) is 49.6. The van der Waals surface area contributed by atoms with Crippen molar-refractivity contribution in [1.82, 2.24) is 0 Å². The molecule has 0 aliphatic carbocycles. The van der Waals surface area contributed by atoms with Crippen molar-refractivity contribution < 1.29 is 231 Å². The Morgan fingerprint density at radius 1 is 0.231 bits per heavy atom. The highest BCUT2D eigenvalue weighted by Crippen LogP contribution is 1.97. The molecule has 0 fully saturated rings. The van der Waals surface area contributed by atoms with E-state index < -0.39 is 0 Å². The second kappa shape index (κ2) is 48.6. The molecule has 0 amide bonds. The lowest BCUT2D eigenvalue weighted by Gasteiger charge is -2.00. The maximum atomic E-state index is 4.60. The predicted octanol–water partition coefficient (Wildman–Crippen LogP) is -2.17. The molecule has 0 aliphatic rings. The van der Waals surface area contributed by atoms with Crippen LogP contribution in [0.1, 0.15) is 0 Å². The van der Waals surface area contributed by atoms with Crippen LogP contribution in [0.15, 0.2) is 12.5 Å². The molecule has 46 nitrogen and oxygen atoms in total. The molecular formula is C6H12O46. The number of hydrogen-bond donors (Lipinski definition) is 0. The summed E-state index contributed by atoms with van der Waals surface area (Å²) in [5, 5.41) is 150. The lowest BCUT2D eigenvalue weighted by Crippen LogP contribution is -2.07. The molecule has 312 valence electrons. The van der Waals surface area contributed by atoms with E-state index in [0.29, 0.717) is 0 Å². The second-order valence-corrected chi connectivity index (χ2v) is 4.28. The van der Waals surface area contributed by atoms with Gasteiger partial charge < -0.3 is 14.4 Å². The zero-order valence-corrected chi connectivity index (χ0v) is 23.3. The van der Waals surface area contributed by atoms with Gasteiger partial charge in [0.05, 0.1) is 13.7 Å². The van der Waals surface area contributed by atoms with Crippen molar-refractivity contribution in [1.29, 1.82) is 0 Å². The Morgan fingerprint density at radius 2 is 0.442 bits per heavy atom. The van der Waals surface area contributed by atoms with Gasteiger partial charge in [0.25, 0.3) is 0 Å². The van der Waals surface area contributed by atoms with Gasteiger partial charge in [-0.3, -0.25) is 0 Å². The fourth-order valence-corrected chi connectivity index (χ4v) is 0.742. The summed E-state index contributed by atoms with van der Waals surface area (Å²) in [7, 11) is 2.73. The van der Waals surface area contributed by atoms with Crippen LogP contribution in [0.3, 0.4) is 0 Å². The molecule has 0 aliphatic heterocycles. The van der Waals surface area contributed by atoms with Gasteiger partial charge in [-0.25, -0.2) is 4.89 Å². The Bertz CT molecular complexity index is 630. The van der Waals surface area contributed by atoms with Gasteiger partial charge >= 0.3 is 0 Å². The summed E-state index contributed by atoms with van der Waals surface area (Å²) >= 11 is 0. The van der Waals surface area contributed by atoms with E-state index in [9.17, 15) is 0 Å². The lowest BCUT2D eigenvalue weighted by molar-refractivity contribution is -0.909. The van der Waals surface area contributed by atoms with Gasteiger partial charge in [-0.05, 0) is 40.3 Å². The molecule has 0 atom stereocenters. The Hall–Kier alpha value is -2.42. The van der Waals surface area contributed by atoms with Crippen LogP contribution in [-0.2, 0) is 231 Å². The number of rotatable bonds is 48. The van der Waals surface area contributed by atoms with Gasteiger partial charge in [-0.1, -0.05) is 0 Å². The summed E-state index contributed by atoms with van der Waals surface area (Å²) < 4.78 is 9.02. The van der Waals surface area contributed by atoms with E-state index >= 15 is 0 Å². The van der Waals surface area contributed by atoms with E-state index in [1.807, 2.05) is 0 Å². The third-order valence-electron chi connectivity index (χ3n) is 1.84. The van der Waals surface area contributed by atoms with Crippen molar-refractivity contribution in [2.75, 3.05) is 27.4 Å². The Labute approximate surface area is 272 Å². The summed E-state index contributed by atoms with van der Waals surface area (Å²) in [6.07, 6.45) is 1.96. The van der Waals surface area contributed by atoms with Crippen LogP contribution in [0.4, 0.5) is 0 Å². The molecule has 46 heteroatoms. The van der Waals surface area contributed by atoms with E-state index in [2.05, 4.69) is 231 Å². The van der Waals surface area contributed by atoms with Gasteiger partial charge in [0, 0.05) is 178 Å². The zero-order chi connectivity index (χ0) is 37.4. The molecule has 0 N–H and O–H groups in total. The highest BCUT2D eigenvalue weighted by molar-refractivity contribution is 4.55. The molecule has 0 unspecified atom stereocenters. The average Bonchev–Trinajstić information content (AvgIpc) is 3.16. The van der Waals surface area contributed by atoms with Crippen molar-refractivity contribution in [2.24, 2.45) is 0 Å². The summed E-state index contributed by atoms with van der Waals surface area (Å²) in [4.78, 5) is 8.39. The molecule has 0 aromatic carbocycles. The maximum absolute atomic E-state index is 4.60. The smallest absolute Gasteiger partial charge is 0.167 e. The molecular weight excluding hydrogens is 808 g/mol. The third kappa shape index (κ3) is 47.6. The van der Waals surface area contributed by atoms with E-state index in [0.717, 1.165) is 12.5 Å². The van der Waals surface area contributed by atoms with Crippen LogP contribution in [0.5, 0.6) is 0 Å². The van der Waals surface area contributed by atoms with Crippen LogP contribution in [0.2, 0.25) is 0 Å². The number of ether oxygens (including phenoxy) is 2.